The fraction of sp³-hybridized carbons (Fsp3) is 1.00. The Kier molecular flexibility index (Phi) is 2.39. The van der Waals surface area contributed by atoms with E-state index in [1.807, 2.05) is 0 Å². The van der Waals surface area contributed by atoms with Crippen LogP contribution in [0.1, 0.15) is 33.6 Å². The van der Waals surface area contributed by atoms with E-state index in [-0.39, 0.29) is 0 Å². The van der Waals surface area contributed by atoms with Crippen LogP contribution in [-0.4, -0.2) is 13.1 Å². The predicted octanol–water partition coefficient (Wildman–Crippen LogP) is 2.52. The average molecular weight is 181 g/mol. The lowest BCUT2D eigenvalue weighted by molar-refractivity contribution is 0.238. The van der Waals surface area contributed by atoms with Crippen molar-refractivity contribution in [3.63, 3.8) is 0 Å². The maximum atomic E-state index is 3.45. The summed E-state index contributed by atoms with van der Waals surface area (Å²) < 4.78 is 0. The lowest BCUT2D eigenvalue weighted by Gasteiger charge is -2.28. The van der Waals surface area contributed by atoms with Gasteiger partial charge in [0.15, 0.2) is 0 Å². The fourth-order valence-corrected chi connectivity index (χ4v) is 3.89. The third-order valence-corrected chi connectivity index (χ3v) is 4.55. The van der Waals surface area contributed by atoms with Gasteiger partial charge in [-0.15, -0.1) is 0 Å². The molecule has 0 amide bonds. The van der Waals surface area contributed by atoms with Gasteiger partial charge in [0.25, 0.3) is 0 Å². The van der Waals surface area contributed by atoms with Gasteiger partial charge in [-0.1, -0.05) is 13.8 Å². The highest BCUT2D eigenvalue weighted by atomic mass is 14.9. The van der Waals surface area contributed by atoms with Gasteiger partial charge >= 0.3 is 0 Å². The second-order valence-electron chi connectivity index (χ2n) is 5.47. The molecule has 0 saturated heterocycles. The molecule has 76 valence electrons. The SMILES string of the molecule is CNC(C)C1C2CC(C2)C1C(C)C. The van der Waals surface area contributed by atoms with Gasteiger partial charge in [0.1, 0.15) is 0 Å². The first-order valence-corrected chi connectivity index (χ1v) is 5.82. The summed E-state index contributed by atoms with van der Waals surface area (Å²) in [6, 6.07) is 0.727. The van der Waals surface area contributed by atoms with Crippen LogP contribution in [0.4, 0.5) is 0 Å². The summed E-state index contributed by atoms with van der Waals surface area (Å²) in [5, 5.41) is 3.45. The van der Waals surface area contributed by atoms with E-state index in [0.29, 0.717) is 0 Å². The maximum Gasteiger partial charge on any atom is 0.00694 e. The Labute approximate surface area is 82.3 Å². The summed E-state index contributed by atoms with van der Waals surface area (Å²) in [5.41, 5.74) is 0. The number of nitrogens with one attached hydrogen (secondary N) is 1. The maximum absolute atomic E-state index is 3.45. The largest absolute Gasteiger partial charge is 0.317 e. The van der Waals surface area contributed by atoms with Gasteiger partial charge in [0.2, 0.25) is 0 Å². The minimum Gasteiger partial charge on any atom is -0.317 e. The number of fused-ring (bicyclic) bond motifs is 1. The van der Waals surface area contributed by atoms with E-state index in [1.54, 1.807) is 0 Å². The first-order valence-electron chi connectivity index (χ1n) is 5.82. The van der Waals surface area contributed by atoms with E-state index >= 15 is 0 Å². The minimum absolute atomic E-state index is 0.727. The van der Waals surface area contributed by atoms with Crippen LogP contribution in [-0.2, 0) is 0 Å². The summed E-state index contributed by atoms with van der Waals surface area (Å²) >= 11 is 0. The molecule has 3 aliphatic rings. The Hall–Kier alpha value is -0.0400. The molecular weight excluding hydrogens is 158 g/mol. The van der Waals surface area contributed by atoms with E-state index in [2.05, 4.69) is 33.1 Å². The number of hydrogen-bond donors (Lipinski definition) is 1. The molecule has 3 aliphatic carbocycles. The third kappa shape index (κ3) is 1.32. The summed E-state index contributed by atoms with van der Waals surface area (Å²) in [6.45, 7) is 7.17. The molecule has 0 radical (unpaired) electrons. The molecule has 0 aliphatic heterocycles. The molecule has 0 spiro atoms. The molecule has 1 nitrogen and oxygen atoms in total. The lowest BCUT2D eigenvalue weighted by atomic mass is 9.80. The zero-order chi connectivity index (χ0) is 9.59. The van der Waals surface area contributed by atoms with Gasteiger partial charge in [-0.05, 0) is 56.4 Å². The second-order valence-corrected chi connectivity index (χ2v) is 5.47. The molecule has 3 rings (SSSR count). The van der Waals surface area contributed by atoms with Crippen molar-refractivity contribution in [2.75, 3.05) is 7.05 Å². The average Bonchev–Trinajstić information content (AvgIpc) is 2.54. The van der Waals surface area contributed by atoms with E-state index in [4.69, 9.17) is 0 Å². The van der Waals surface area contributed by atoms with E-state index in [9.17, 15) is 0 Å². The summed E-state index contributed by atoms with van der Waals surface area (Å²) in [7, 11) is 2.11. The topological polar surface area (TPSA) is 12.0 Å². The van der Waals surface area contributed by atoms with Crippen LogP contribution in [0.25, 0.3) is 0 Å². The van der Waals surface area contributed by atoms with Crippen LogP contribution in [0.2, 0.25) is 0 Å². The van der Waals surface area contributed by atoms with Crippen molar-refractivity contribution >= 4 is 0 Å². The molecule has 0 aromatic carbocycles. The van der Waals surface area contributed by atoms with E-state index in [1.165, 1.54) is 12.8 Å². The molecule has 3 atom stereocenters. The van der Waals surface area contributed by atoms with Crippen molar-refractivity contribution in [2.45, 2.75) is 39.7 Å². The van der Waals surface area contributed by atoms with Gasteiger partial charge in [-0.2, -0.15) is 0 Å². The van der Waals surface area contributed by atoms with Crippen molar-refractivity contribution in [3.05, 3.63) is 0 Å². The normalized spacial score (nSPS) is 45.0. The van der Waals surface area contributed by atoms with Crippen LogP contribution in [0.3, 0.4) is 0 Å². The first-order chi connectivity index (χ1) is 6.15. The molecule has 1 N–H and O–H groups in total. The fourth-order valence-electron chi connectivity index (χ4n) is 3.89. The van der Waals surface area contributed by atoms with E-state index < -0.39 is 0 Å². The Morgan fingerprint density at radius 1 is 1.00 bits per heavy atom. The predicted molar refractivity (Wildman–Crippen MR) is 56.6 cm³/mol. The highest BCUT2D eigenvalue weighted by Crippen LogP contribution is 2.59. The van der Waals surface area contributed by atoms with Crippen LogP contribution in [0, 0.1) is 29.6 Å². The molecule has 1 heteroatoms. The zero-order valence-corrected chi connectivity index (χ0v) is 9.38. The molecule has 13 heavy (non-hydrogen) atoms. The highest BCUT2D eigenvalue weighted by molar-refractivity contribution is 5.04. The van der Waals surface area contributed by atoms with E-state index in [0.717, 1.165) is 35.6 Å². The minimum atomic E-state index is 0.727. The quantitative estimate of drug-likeness (QED) is 0.705. The Bertz CT molecular complexity index is 182. The first kappa shape index (κ1) is 9.51. The van der Waals surface area contributed by atoms with Crippen LogP contribution in [0.5, 0.6) is 0 Å². The molecule has 0 aromatic heterocycles. The molecule has 0 aromatic rings. The molecule has 0 heterocycles. The van der Waals surface area contributed by atoms with Gasteiger partial charge < -0.3 is 5.32 Å². The highest BCUT2D eigenvalue weighted by Gasteiger charge is 2.54. The number of hydrogen-bond acceptors (Lipinski definition) is 1. The van der Waals surface area contributed by atoms with Gasteiger partial charge in [0, 0.05) is 6.04 Å². The van der Waals surface area contributed by atoms with Gasteiger partial charge in [0.05, 0.1) is 0 Å². The molecule has 2 bridgehead atoms. The lowest BCUT2D eigenvalue weighted by Crippen LogP contribution is -2.35. The smallest absolute Gasteiger partial charge is 0.00694 e. The Balaban J connectivity index is 2.08. The third-order valence-electron chi connectivity index (χ3n) is 4.55. The van der Waals surface area contributed by atoms with Crippen molar-refractivity contribution < 1.29 is 0 Å². The standard InChI is InChI=1S/C12H23N/c1-7(2)11-9-5-10(6-9)12(11)8(3)13-4/h7-13H,5-6H2,1-4H3. The van der Waals surface area contributed by atoms with Crippen LogP contribution < -0.4 is 5.32 Å². The van der Waals surface area contributed by atoms with Crippen molar-refractivity contribution in [3.8, 4) is 0 Å². The summed E-state index contributed by atoms with van der Waals surface area (Å²) in [5.74, 6) is 4.99. The molecule has 3 unspecified atom stereocenters. The Morgan fingerprint density at radius 2 is 1.54 bits per heavy atom. The second kappa shape index (κ2) is 3.27. The summed E-state index contributed by atoms with van der Waals surface area (Å²) in [6.07, 6.45) is 3.05. The molecular formula is C12H23N. The Morgan fingerprint density at radius 3 is 2.00 bits per heavy atom. The van der Waals surface area contributed by atoms with Crippen LogP contribution >= 0.6 is 0 Å². The molecule has 3 fully saturated rings. The van der Waals surface area contributed by atoms with Crippen LogP contribution in [0.15, 0.2) is 0 Å². The summed E-state index contributed by atoms with van der Waals surface area (Å²) in [4.78, 5) is 0. The monoisotopic (exact) mass is 181 g/mol. The molecule has 3 saturated carbocycles. The van der Waals surface area contributed by atoms with Crippen molar-refractivity contribution in [1.82, 2.24) is 5.32 Å². The number of rotatable bonds is 3. The van der Waals surface area contributed by atoms with Crippen molar-refractivity contribution in [1.29, 1.82) is 0 Å². The van der Waals surface area contributed by atoms with Gasteiger partial charge in [-0.3, -0.25) is 0 Å². The zero-order valence-electron chi connectivity index (χ0n) is 9.38. The van der Waals surface area contributed by atoms with Crippen molar-refractivity contribution in [2.24, 2.45) is 29.6 Å². The van der Waals surface area contributed by atoms with Gasteiger partial charge in [-0.25, -0.2) is 0 Å².